The van der Waals surface area contributed by atoms with Crippen molar-refractivity contribution in [2.75, 3.05) is 5.32 Å². The first-order valence-electron chi connectivity index (χ1n) is 9.00. The topological polar surface area (TPSA) is 42.0 Å². The fourth-order valence-electron chi connectivity index (χ4n) is 3.28. The SMILES string of the molecule is O=C(C=Cc1ccccc1Cl)Nc1nc(-c2ccc3c(c2)CCCC3)cs1. The van der Waals surface area contributed by atoms with Crippen molar-refractivity contribution in [3.63, 3.8) is 0 Å². The minimum absolute atomic E-state index is 0.221. The number of hydrogen-bond donors (Lipinski definition) is 1. The van der Waals surface area contributed by atoms with Crippen LogP contribution in [0.4, 0.5) is 5.13 Å². The number of aromatic nitrogens is 1. The number of rotatable bonds is 4. The average Bonchev–Trinajstić information content (AvgIpc) is 3.15. The fourth-order valence-corrected chi connectivity index (χ4v) is 4.20. The van der Waals surface area contributed by atoms with Crippen LogP contribution < -0.4 is 5.32 Å². The lowest BCUT2D eigenvalue weighted by atomic mass is 9.90. The van der Waals surface area contributed by atoms with E-state index in [2.05, 4.69) is 28.5 Å². The molecule has 0 bridgehead atoms. The van der Waals surface area contributed by atoms with Crippen molar-refractivity contribution in [1.82, 2.24) is 4.98 Å². The normalized spacial score (nSPS) is 13.5. The van der Waals surface area contributed by atoms with Crippen LogP contribution in [0.15, 0.2) is 53.9 Å². The molecule has 0 saturated heterocycles. The van der Waals surface area contributed by atoms with Crippen LogP contribution in [0.2, 0.25) is 5.02 Å². The second-order valence-electron chi connectivity index (χ2n) is 6.57. The summed E-state index contributed by atoms with van der Waals surface area (Å²) in [6, 6.07) is 14.0. The number of anilines is 1. The summed E-state index contributed by atoms with van der Waals surface area (Å²) in [4.78, 5) is 16.7. The van der Waals surface area contributed by atoms with Gasteiger partial charge >= 0.3 is 0 Å². The second-order valence-corrected chi connectivity index (χ2v) is 7.84. The van der Waals surface area contributed by atoms with Crippen LogP contribution in [0.3, 0.4) is 0 Å². The van der Waals surface area contributed by atoms with Gasteiger partial charge < -0.3 is 0 Å². The molecule has 1 amide bonds. The molecule has 0 unspecified atom stereocenters. The molecule has 1 aliphatic rings. The molecular formula is C22H19ClN2OS. The summed E-state index contributed by atoms with van der Waals surface area (Å²) in [5.74, 6) is -0.221. The van der Waals surface area contributed by atoms with E-state index in [0.717, 1.165) is 23.2 Å². The highest BCUT2D eigenvalue weighted by Gasteiger charge is 2.12. The molecule has 0 radical (unpaired) electrons. The molecule has 0 atom stereocenters. The van der Waals surface area contributed by atoms with Crippen LogP contribution in [-0.4, -0.2) is 10.9 Å². The maximum atomic E-state index is 12.2. The number of halogens is 1. The number of benzene rings is 2. The second kappa shape index (κ2) is 8.07. The molecule has 1 N–H and O–H groups in total. The van der Waals surface area contributed by atoms with Gasteiger partial charge in [-0.15, -0.1) is 11.3 Å². The quantitative estimate of drug-likeness (QED) is 0.552. The van der Waals surface area contributed by atoms with E-state index in [0.29, 0.717) is 10.2 Å². The smallest absolute Gasteiger partial charge is 0.250 e. The van der Waals surface area contributed by atoms with E-state index >= 15 is 0 Å². The van der Waals surface area contributed by atoms with Gasteiger partial charge in [0.1, 0.15) is 0 Å². The van der Waals surface area contributed by atoms with Gasteiger partial charge in [0.15, 0.2) is 5.13 Å². The van der Waals surface area contributed by atoms with Crippen LogP contribution in [0.25, 0.3) is 17.3 Å². The third kappa shape index (κ3) is 4.29. The molecule has 27 heavy (non-hydrogen) atoms. The largest absolute Gasteiger partial charge is 0.298 e. The van der Waals surface area contributed by atoms with Crippen molar-refractivity contribution in [1.29, 1.82) is 0 Å². The van der Waals surface area contributed by atoms with Crippen molar-refractivity contribution < 1.29 is 4.79 Å². The van der Waals surface area contributed by atoms with Crippen molar-refractivity contribution in [2.45, 2.75) is 25.7 Å². The molecular weight excluding hydrogens is 376 g/mol. The van der Waals surface area contributed by atoms with Crippen LogP contribution >= 0.6 is 22.9 Å². The van der Waals surface area contributed by atoms with E-state index in [1.807, 2.05) is 23.6 Å². The molecule has 4 rings (SSSR count). The summed E-state index contributed by atoms with van der Waals surface area (Å²) >= 11 is 7.53. The van der Waals surface area contributed by atoms with Crippen LogP contribution in [0.1, 0.15) is 29.5 Å². The number of fused-ring (bicyclic) bond motifs is 1. The van der Waals surface area contributed by atoms with E-state index in [1.54, 1.807) is 12.1 Å². The van der Waals surface area contributed by atoms with Gasteiger partial charge in [-0.1, -0.05) is 41.9 Å². The maximum Gasteiger partial charge on any atom is 0.250 e. The Kier molecular flexibility index (Phi) is 5.37. The van der Waals surface area contributed by atoms with Crippen LogP contribution in [-0.2, 0) is 17.6 Å². The van der Waals surface area contributed by atoms with E-state index in [1.165, 1.54) is 47.8 Å². The fraction of sp³-hybridized carbons (Fsp3) is 0.182. The van der Waals surface area contributed by atoms with Crippen LogP contribution in [0, 0.1) is 0 Å². The molecule has 1 aliphatic carbocycles. The van der Waals surface area contributed by atoms with E-state index in [-0.39, 0.29) is 5.91 Å². The van der Waals surface area contributed by atoms with Crippen molar-refractivity contribution >= 4 is 40.1 Å². The molecule has 0 saturated carbocycles. The Morgan fingerprint density at radius 1 is 1.11 bits per heavy atom. The molecule has 0 fully saturated rings. The zero-order chi connectivity index (χ0) is 18.6. The van der Waals surface area contributed by atoms with Gasteiger partial charge in [0.2, 0.25) is 5.91 Å². The summed E-state index contributed by atoms with van der Waals surface area (Å²) in [5.41, 5.74) is 5.71. The molecule has 2 aromatic carbocycles. The summed E-state index contributed by atoms with van der Waals surface area (Å²) in [7, 11) is 0. The lowest BCUT2D eigenvalue weighted by Gasteiger charge is -2.16. The summed E-state index contributed by atoms with van der Waals surface area (Å²) in [5, 5.41) is 6.02. The van der Waals surface area contributed by atoms with Gasteiger partial charge in [-0.05, 0) is 60.6 Å². The number of amides is 1. The van der Waals surface area contributed by atoms with Crippen LogP contribution in [0.5, 0.6) is 0 Å². The first-order valence-corrected chi connectivity index (χ1v) is 10.3. The van der Waals surface area contributed by atoms with Crippen molar-refractivity contribution in [2.24, 2.45) is 0 Å². The number of thiazole rings is 1. The molecule has 0 aliphatic heterocycles. The zero-order valence-corrected chi connectivity index (χ0v) is 16.3. The highest BCUT2D eigenvalue weighted by Crippen LogP contribution is 2.29. The number of nitrogens with one attached hydrogen (secondary N) is 1. The van der Waals surface area contributed by atoms with E-state index in [9.17, 15) is 4.79 Å². The Morgan fingerprint density at radius 3 is 2.78 bits per heavy atom. The van der Waals surface area contributed by atoms with E-state index in [4.69, 9.17) is 11.6 Å². The minimum atomic E-state index is -0.221. The Balaban J connectivity index is 1.45. The summed E-state index contributed by atoms with van der Waals surface area (Å²) < 4.78 is 0. The minimum Gasteiger partial charge on any atom is -0.298 e. The Bertz CT molecular complexity index is 1010. The summed E-state index contributed by atoms with van der Waals surface area (Å²) in [6.45, 7) is 0. The van der Waals surface area contributed by atoms with E-state index < -0.39 is 0 Å². The van der Waals surface area contributed by atoms with Gasteiger partial charge in [-0.25, -0.2) is 4.98 Å². The third-order valence-electron chi connectivity index (χ3n) is 4.70. The van der Waals surface area contributed by atoms with Gasteiger partial charge in [0, 0.05) is 22.0 Å². The Hall–Kier alpha value is -2.43. The van der Waals surface area contributed by atoms with Gasteiger partial charge in [0.05, 0.1) is 5.69 Å². The first kappa shape index (κ1) is 18.0. The first-order chi connectivity index (χ1) is 13.2. The summed E-state index contributed by atoms with van der Waals surface area (Å²) in [6.07, 6.45) is 8.03. The molecule has 1 heterocycles. The number of hydrogen-bond acceptors (Lipinski definition) is 3. The monoisotopic (exact) mass is 394 g/mol. The predicted octanol–water partition coefficient (Wildman–Crippen LogP) is 5.99. The lowest BCUT2D eigenvalue weighted by Crippen LogP contribution is -2.07. The molecule has 1 aromatic heterocycles. The standard InChI is InChI=1S/C22H19ClN2OS/c23-19-8-4-3-6-16(19)11-12-21(26)25-22-24-20(14-27-22)18-10-9-15-5-1-2-7-17(15)13-18/h3-4,6,8-14H,1-2,5,7H2,(H,24,25,26). The van der Waals surface area contributed by atoms with Gasteiger partial charge in [-0.3, -0.25) is 10.1 Å². The molecule has 3 nitrogen and oxygen atoms in total. The van der Waals surface area contributed by atoms with Crippen molar-refractivity contribution in [3.8, 4) is 11.3 Å². The number of nitrogens with zero attached hydrogens (tertiary/aromatic N) is 1. The lowest BCUT2D eigenvalue weighted by molar-refractivity contribution is -0.111. The molecule has 0 spiro atoms. The average molecular weight is 395 g/mol. The Labute approximate surface area is 167 Å². The number of carbonyl (C=O) groups is 1. The number of carbonyl (C=O) groups excluding carboxylic acids is 1. The van der Waals surface area contributed by atoms with Gasteiger partial charge in [-0.2, -0.15) is 0 Å². The third-order valence-corrected chi connectivity index (χ3v) is 5.80. The molecule has 5 heteroatoms. The van der Waals surface area contributed by atoms with Crippen molar-refractivity contribution in [3.05, 3.63) is 75.6 Å². The highest BCUT2D eigenvalue weighted by molar-refractivity contribution is 7.14. The Morgan fingerprint density at radius 2 is 1.93 bits per heavy atom. The maximum absolute atomic E-state index is 12.2. The highest BCUT2D eigenvalue weighted by atomic mass is 35.5. The van der Waals surface area contributed by atoms with Gasteiger partial charge in [0.25, 0.3) is 0 Å². The number of aryl methyl sites for hydroxylation is 2. The molecule has 136 valence electrons. The molecule has 3 aromatic rings. The zero-order valence-electron chi connectivity index (χ0n) is 14.7. The predicted molar refractivity (Wildman–Crippen MR) is 113 cm³/mol.